The summed E-state index contributed by atoms with van der Waals surface area (Å²) in [5.74, 6) is -0.272. The lowest BCUT2D eigenvalue weighted by molar-refractivity contribution is -0.139. The van der Waals surface area contributed by atoms with Crippen LogP contribution in [0.15, 0.2) is 11.6 Å². The van der Waals surface area contributed by atoms with E-state index in [4.69, 9.17) is 4.74 Å². The zero-order valence-corrected chi connectivity index (χ0v) is 13.9. The average Bonchev–Trinajstić information content (AvgIpc) is 2.50. The van der Waals surface area contributed by atoms with Gasteiger partial charge in [-0.05, 0) is 34.3 Å². The molecule has 1 aliphatic rings. The molecule has 5 heteroatoms. The third-order valence-electron chi connectivity index (χ3n) is 2.56. The molecule has 0 aromatic heterocycles. The Labute approximate surface area is 122 Å². The smallest absolute Gasteiger partial charge is 0.332 e. The molecule has 92 valence electrons. The first-order valence-electron chi connectivity index (χ1n) is 5.41. The minimum absolute atomic E-state index is 0.114. The van der Waals surface area contributed by atoms with Crippen LogP contribution in [0.2, 0.25) is 0 Å². The number of esters is 1. The summed E-state index contributed by atoms with van der Waals surface area (Å²) in [5, 5.41) is 0. The quantitative estimate of drug-likeness (QED) is 0.356. The lowest BCUT2D eigenvalue weighted by atomic mass is 10.0. The topological polar surface area (TPSA) is 26.3 Å². The van der Waals surface area contributed by atoms with Crippen LogP contribution in [0, 0.1) is 0 Å². The molecule has 2 nitrogen and oxygen atoms in total. The molecule has 1 atom stereocenters. The molecule has 1 rings (SSSR count). The molecule has 0 fully saturated rings. The van der Waals surface area contributed by atoms with Gasteiger partial charge in [0.1, 0.15) is 3.74 Å². The maximum atomic E-state index is 11.3. The number of halogens is 3. The van der Waals surface area contributed by atoms with Crippen molar-refractivity contribution in [2.45, 2.75) is 47.3 Å². The SMILES string of the molecule is CCCCCCC1=CC(=O)OC1(Br)C(Br)Br. The van der Waals surface area contributed by atoms with Crippen molar-refractivity contribution in [1.82, 2.24) is 0 Å². The average molecular weight is 419 g/mol. The van der Waals surface area contributed by atoms with Gasteiger partial charge in [-0.3, -0.25) is 0 Å². The van der Waals surface area contributed by atoms with E-state index in [2.05, 4.69) is 54.7 Å². The van der Waals surface area contributed by atoms with Gasteiger partial charge in [-0.1, -0.05) is 58.0 Å². The van der Waals surface area contributed by atoms with E-state index in [1.165, 1.54) is 19.3 Å². The summed E-state index contributed by atoms with van der Waals surface area (Å²) in [7, 11) is 0. The van der Waals surface area contributed by atoms with Gasteiger partial charge in [0.25, 0.3) is 0 Å². The van der Waals surface area contributed by atoms with Gasteiger partial charge in [-0.25, -0.2) is 4.79 Å². The molecule has 0 bridgehead atoms. The van der Waals surface area contributed by atoms with Crippen LogP contribution in [0.3, 0.4) is 0 Å². The van der Waals surface area contributed by atoms with Gasteiger partial charge < -0.3 is 4.74 Å². The fraction of sp³-hybridized carbons (Fsp3) is 0.727. The van der Waals surface area contributed by atoms with Crippen LogP contribution < -0.4 is 0 Å². The van der Waals surface area contributed by atoms with E-state index in [0.29, 0.717) is 0 Å². The van der Waals surface area contributed by atoms with Crippen molar-refractivity contribution in [1.29, 1.82) is 0 Å². The number of carbonyl (C=O) groups is 1. The van der Waals surface area contributed by atoms with Crippen LogP contribution in [0.4, 0.5) is 0 Å². The number of alkyl halides is 3. The van der Waals surface area contributed by atoms with Gasteiger partial charge in [0.2, 0.25) is 4.51 Å². The van der Waals surface area contributed by atoms with Crippen LogP contribution in [0.5, 0.6) is 0 Å². The zero-order valence-electron chi connectivity index (χ0n) is 9.14. The Kier molecular flexibility index (Phi) is 6.02. The maximum absolute atomic E-state index is 11.3. The molecule has 1 unspecified atom stereocenters. The fourth-order valence-corrected chi connectivity index (χ4v) is 2.90. The number of ether oxygens (including phenoxy) is 1. The molecule has 0 aromatic rings. The highest BCUT2D eigenvalue weighted by Crippen LogP contribution is 2.45. The van der Waals surface area contributed by atoms with E-state index in [0.717, 1.165) is 18.4 Å². The highest BCUT2D eigenvalue weighted by atomic mass is 79.9. The van der Waals surface area contributed by atoms with Crippen LogP contribution in [-0.4, -0.2) is 14.2 Å². The molecule has 0 spiro atoms. The van der Waals surface area contributed by atoms with E-state index in [1.54, 1.807) is 6.08 Å². The van der Waals surface area contributed by atoms with Crippen molar-refractivity contribution >= 4 is 53.8 Å². The summed E-state index contributed by atoms with van der Waals surface area (Å²) in [6.45, 7) is 2.18. The van der Waals surface area contributed by atoms with Crippen molar-refractivity contribution in [3.05, 3.63) is 11.6 Å². The van der Waals surface area contributed by atoms with E-state index < -0.39 is 4.51 Å². The lowest BCUT2D eigenvalue weighted by Gasteiger charge is -2.26. The second-order valence-electron chi connectivity index (χ2n) is 3.85. The molecule has 0 saturated carbocycles. The molecule has 0 aliphatic carbocycles. The number of unbranched alkanes of at least 4 members (excludes halogenated alkanes) is 3. The second kappa shape index (κ2) is 6.55. The summed E-state index contributed by atoms with van der Waals surface area (Å²) in [5.41, 5.74) is 1.01. The normalized spacial score (nSPS) is 24.8. The van der Waals surface area contributed by atoms with Gasteiger partial charge >= 0.3 is 5.97 Å². The van der Waals surface area contributed by atoms with Gasteiger partial charge in [0.15, 0.2) is 0 Å². The minimum atomic E-state index is -0.712. The molecule has 0 aromatic carbocycles. The van der Waals surface area contributed by atoms with E-state index in [9.17, 15) is 4.79 Å². The van der Waals surface area contributed by atoms with Crippen molar-refractivity contribution in [3.8, 4) is 0 Å². The number of hydrogen-bond acceptors (Lipinski definition) is 2. The predicted octanol–water partition coefficient (Wildman–Crippen LogP) is 4.65. The molecule has 0 saturated heterocycles. The monoisotopic (exact) mass is 416 g/mol. The van der Waals surface area contributed by atoms with Crippen LogP contribution in [-0.2, 0) is 9.53 Å². The van der Waals surface area contributed by atoms with E-state index in [1.807, 2.05) is 0 Å². The Hall–Kier alpha value is 0.650. The Morgan fingerprint density at radius 3 is 2.62 bits per heavy atom. The van der Waals surface area contributed by atoms with Crippen molar-refractivity contribution in [2.24, 2.45) is 0 Å². The van der Waals surface area contributed by atoms with Crippen molar-refractivity contribution < 1.29 is 9.53 Å². The van der Waals surface area contributed by atoms with Gasteiger partial charge in [-0.2, -0.15) is 0 Å². The van der Waals surface area contributed by atoms with Crippen LogP contribution in [0.25, 0.3) is 0 Å². The largest absolute Gasteiger partial charge is 0.438 e. The molecule has 1 heterocycles. The number of hydrogen-bond donors (Lipinski definition) is 0. The second-order valence-corrected chi connectivity index (χ2v) is 8.09. The Morgan fingerprint density at radius 1 is 1.38 bits per heavy atom. The third kappa shape index (κ3) is 3.57. The van der Waals surface area contributed by atoms with Crippen molar-refractivity contribution in [3.63, 3.8) is 0 Å². The highest BCUT2D eigenvalue weighted by Gasteiger charge is 2.45. The van der Waals surface area contributed by atoms with E-state index in [-0.39, 0.29) is 9.71 Å². The molecular weight excluding hydrogens is 404 g/mol. The fourth-order valence-electron chi connectivity index (χ4n) is 1.65. The lowest BCUT2D eigenvalue weighted by Crippen LogP contribution is -2.31. The first-order chi connectivity index (χ1) is 7.50. The third-order valence-corrected chi connectivity index (χ3v) is 6.21. The highest BCUT2D eigenvalue weighted by molar-refractivity contribution is 9.25. The predicted molar refractivity (Wildman–Crippen MR) is 76.2 cm³/mol. The Morgan fingerprint density at radius 2 is 2.06 bits per heavy atom. The number of carbonyl (C=O) groups excluding carboxylic acids is 1. The summed E-state index contributed by atoms with van der Waals surface area (Å²) in [6, 6.07) is 0. The molecule has 0 radical (unpaired) electrons. The van der Waals surface area contributed by atoms with Crippen LogP contribution in [0.1, 0.15) is 39.0 Å². The molecule has 16 heavy (non-hydrogen) atoms. The minimum Gasteiger partial charge on any atom is -0.438 e. The first kappa shape index (κ1) is 14.7. The van der Waals surface area contributed by atoms with Gasteiger partial charge in [0.05, 0.1) is 0 Å². The summed E-state index contributed by atoms with van der Waals surface area (Å²) in [4.78, 5) is 11.3. The number of cyclic esters (lactones) is 1. The molecule has 0 N–H and O–H groups in total. The molecule has 1 aliphatic heterocycles. The summed E-state index contributed by atoms with van der Waals surface area (Å²) >= 11 is 10.3. The van der Waals surface area contributed by atoms with E-state index >= 15 is 0 Å². The Bertz CT molecular complexity index is 289. The summed E-state index contributed by atoms with van der Waals surface area (Å²) < 4.78 is 4.44. The first-order valence-corrected chi connectivity index (χ1v) is 8.04. The summed E-state index contributed by atoms with van der Waals surface area (Å²) in [6.07, 6.45) is 7.23. The van der Waals surface area contributed by atoms with Crippen LogP contribution >= 0.6 is 47.8 Å². The number of rotatable bonds is 6. The van der Waals surface area contributed by atoms with Gasteiger partial charge in [0, 0.05) is 6.08 Å². The van der Waals surface area contributed by atoms with Crippen molar-refractivity contribution in [2.75, 3.05) is 0 Å². The zero-order chi connectivity index (χ0) is 12.2. The standard InChI is InChI=1S/C11H15Br3O2/c1-2-3-4-5-6-8-7-9(15)16-11(8,14)10(12)13/h7,10H,2-6H2,1H3. The molecule has 0 amide bonds. The molecular formula is C11H15Br3O2. The Balaban J connectivity index is 2.55. The maximum Gasteiger partial charge on any atom is 0.332 e. The van der Waals surface area contributed by atoms with Gasteiger partial charge in [-0.15, -0.1) is 0 Å².